The lowest BCUT2D eigenvalue weighted by Crippen LogP contribution is -1.92. The summed E-state index contributed by atoms with van der Waals surface area (Å²) < 4.78 is 0. The maximum atomic E-state index is 6.05. The largest absolute Gasteiger partial charge is 0.320 e. The van der Waals surface area contributed by atoms with Gasteiger partial charge in [-0.1, -0.05) is 35.2 Å². The Morgan fingerprint density at radius 1 is 1.39 bits per heavy atom. The minimum atomic E-state index is 0.394. The highest BCUT2D eigenvalue weighted by Gasteiger charge is 2.04. The van der Waals surface area contributed by atoms with E-state index >= 15 is 0 Å². The second kappa shape index (κ2) is 6.81. The lowest BCUT2D eigenvalue weighted by atomic mass is 10.4. The van der Waals surface area contributed by atoms with E-state index in [-0.39, 0.29) is 0 Å². The fourth-order valence-electron chi connectivity index (χ4n) is 1.28. The highest BCUT2D eigenvalue weighted by molar-refractivity contribution is 7.98. The van der Waals surface area contributed by atoms with Crippen LogP contribution >= 0.6 is 34.7 Å². The molecule has 92 valence electrons. The smallest absolute Gasteiger partial charge is 0.115 e. The molecule has 2 nitrogen and oxygen atoms in total. The molecule has 0 unspecified atom stereocenters. The monoisotopic (exact) mass is 294 g/mol. The van der Waals surface area contributed by atoms with Crippen molar-refractivity contribution >= 4 is 34.7 Å². The van der Waals surface area contributed by atoms with E-state index in [4.69, 9.17) is 17.3 Å². The van der Waals surface area contributed by atoms with Gasteiger partial charge in [0.1, 0.15) is 5.03 Å². The molecule has 18 heavy (non-hydrogen) atoms. The number of hydrogen-bond donors (Lipinski definition) is 1. The van der Waals surface area contributed by atoms with Crippen LogP contribution in [0, 0.1) is 11.8 Å². The molecule has 0 aromatic carbocycles. The van der Waals surface area contributed by atoms with E-state index in [1.165, 1.54) is 4.88 Å². The average molecular weight is 295 g/mol. The van der Waals surface area contributed by atoms with Crippen LogP contribution < -0.4 is 5.73 Å². The summed E-state index contributed by atoms with van der Waals surface area (Å²) >= 11 is 9.36. The normalized spacial score (nSPS) is 9.89. The molecule has 0 saturated heterocycles. The van der Waals surface area contributed by atoms with E-state index in [0.717, 1.165) is 15.7 Å². The summed E-state index contributed by atoms with van der Waals surface area (Å²) in [5.41, 5.74) is 5.34. The highest BCUT2D eigenvalue weighted by atomic mass is 35.5. The number of halogens is 1. The number of pyridine rings is 1. The van der Waals surface area contributed by atoms with Gasteiger partial charge in [0.05, 0.1) is 16.4 Å². The molecule has 2 rings (SSSR count). The number of rotatable bonds is 3. The summed E-state index contributed by atoms with van der Waals surface area (Å²) in [6.07, 6.45) is 1.75. The molecule has 0 saturated carbocycles. The Labute approximate surface area is 120 Å². The first-order chi connectivity index (χ1) is 8.79. The Bertz CT molecular complexity index is 584. The topological polar surface area (TPSA) is 38.9 Å². The summed E-state index contributed by atoms with van der Waals surface area (Å²) in [5, 5.41) is 1.56. The molecule has 0 bridgehead atoms. The number of aromatic nitrogens is 1. The molecule has 0 fully saturated rings. The quantitative estimate of drug-likeness (QED) is 0.696. The first kappa shape index (κ1) is 13.4. The van der Waals surface area contributed by atoms with Crippen LogP contribution in [0.3, 0.4) is 0 Å². The average Bonchev–Trinajstić information content (AvgIpc) is 2.83. The Kier molecular flexibility index (Phi) is 5.09. The predicted octanol–water partition coefficient (Wildman–Crippen LogP) is 3.40. The Balaban J connectivity index is 1.98. The molecule has 0 radical (unpaired) electrons. The third-order valence-electron chi connectivity index (χ3n) is 2.05. The molecule has 2 N–H and O–H groups in total. The summed E-state index contributed by atoms with van der Waals surface area (Å²) in [7, 11) is 0. The molecule has 2 aromatic heterocycles. The molecule has 0 aliphatic carbocycles. The van der Waals surface area contributed by atoms with Crippen molar-refractivity contribution in [1.29, 1.82) is 0 Å². The zero-order chi connectivity index (χ0) is 12.8. The fourth-order valence-corrected chi connectivity index (χ4v) is 3.37. The van der Waals surface area contributed by atoms with Crippen molar-refractivity contribution in [2.24, 2.45) is 5.73 Å². The van der Waals surface area contributed by atoms with Gasteiger partial charge in [-0.25, -0.2) is 4.98 Å². The van der Waals surface area contributed by atoms with Crippen LogP contribution in [-0.2, 0) is 5.75 Å². The molecule has 0 amide bonds. The van der Waals surface area contributed by atoms with Gasteiger partial charge in [-0.3, -0.25) is 0 Å². The highest BCUT2D eigenvalue weighted by Crippen LogP contribution is 2.29. The van der Waals surface area contributed by atoms with Crippen LogP contribution in [0.5, 0.6) is 0 Å². The second-order valence-electron chi connectivity index (χ2n) is 3.35. The zero-order valence-corrected chi connectivity index (χ0v) is 11.9. The molecule has 2 heterocycles. The van der Waals surface area contributed by atoms with Crippen LogP contribution in [0.15, 0.2) is 35.5 Å². The van der Waals surface area contributed by atoms with Crippen molar-refractivity contribution in [3.05, 3.63) is 45.2 Å². The summed E-state index contributed by atoms with van der Waals surface area (Å²) in [5.74, 6) is 6.73. The van der Waals surface area contributed by atoms with Crippen molar-refractivity contribution in [2.75, 3.05) is 6.54 Å². The van der Waals surface area contributed by atoms with Gasteiger partial charge in [-0.2, -0.15) is 0 Å². The van der Waals surface area contributed by atoms with Crippen LogP contribution in [-0.4, -0.2) is 11.5 Å². The second-order valence-corrected chi connectivity index (χ2v) is 5.89. The summed E-state index contributed by atoms with van der Waals surface area (Å²) in [4.78, 5) is 6.54. The molecule has 0 aliphatic heterocycles. The van der Waals surface area contributed by atoms with Gasteiger partial charge in [0.25, 0.3) is 0 Å². The number of nitrogens with two attached hydrogens (primary N) is 1. The van der Waals surface area contributed by atoms with Gasteiger partial charge in [0.15, 0.2) is 0 Å². The zero-order valence-electron chi connectivity index (χ0n) is 9.52. The Morgan fingerprint density at radius 2 is 2.28 bits per heavy atom. The summed E-state index contributed by atoms with van der Waals surface area (Å²) in [6, 6.07) is 7.78. The van der Waals surface area contributed by atoms with Crippen molar-refractivity contribution in [1.82, 2.24) is 4.98 Å². The third kappa shape index (κ3) is 3.76. The minimum Gasteiger partial charge on any atom is -0.320 e. The minimum absolute atomic E-state index is 0.394. The van der Waals surface area contributed by atoms with Crippen molar-refractivity contribution < 1.29 is 0 Å². The summed E-state index contributed by atoms with van der Waals surface area (Å²) in [6.45, 7) is 0.394. The first-order valence-corrected chi connectivity index (χ1v) is 7.48. The molecule has 0 aliphatic rings. The number of thioether (sulfide) groups is 1. The lowest BCUT2D eigenvalue weighted by molar-refractivity contribution is 1.13. The SMILES string of the molecule is NCC#Cc1ccc(CSc2ncccc2Cl)s1. The predicted molar refractivity (Wildman–Crippen MR) is 79.1 cm³/mol. The van der Waals surface area contributed by atoms with E-state index in [9.17, 15) is 0 Å². The fraction of sp³-hybridized carbons (Fsp3) is 0.154. The van der Waals surface area contributed by atoms with Crippen LogP contribution in [0.25, 0.3) is 0 Å². The molecular formula is C13H11ClN2S2. The van der Waals surface area contributed by atoms with Gasteiger partial charge < -0.3 is 5.73 Å². The Morgan fingerprint density at radius 3 is 3.06 bits per heavy atom. The Hall–Kier alpha value is -0.990. The first-order valence-electron chi connectivity index (χ1n) is 5.30. The van der Waals surface area contributed by atoms with E-state index in [2.05, 4.69) is 22.9 Å². The van der Waals surface area contributed by atoms with Crippen molar-refractivity contribution in [2.45, 2.75) is 10.8 Å². The molecule has 0 spiro atoms. The maximum Gasteiger partial charge on any atom is 0.115 e. The van der Waals surface area contributed by atoms with E-state index < -0.39 is 0 Å². The van der Waals surface area contributed by atoms with Gasteiger partial charge in [-0.15, -0.1) is 11.3 Å². The van der Waals surface area contributed by atoms with Gasteiger partial charge in [0.2, 0.25) is 0 Å². The molecule has 5 heteroatoms. The van der Waals surface area contributed by atoms with E-state index in [0.29, 0.717) is 11.6 Å². The van der Waals surface area contributed by atoms with Gasteiger partial charge in [-0.05, 0) is 24.3 Å². The number of thiophene rings is 1. The number of nitrogens with zero attached hydrogens (tertiary/aromatic N) is 1. The molecule has 0 atom stereocenters. The molecule has 2 aromatic rings. The van der Waals surface area contributed by atoms with E-state index in [1.807, 2.05) is 18.2 Å². The van der Waals surface area contributed by atoms with Crippen LogP contribution in [0.1, 0.15) is 9.75 Å². The van der Waals surface area contributed by atoms with Crippen LogP contribution in [0.4, 0.5) is 0 Å². The molecular weight excluding hydrogens is 284 g/mol. The van der Waals surface area contributed by atoms with Crippen molar-refractivity contribution in [3.8, 4) is 11.8 Å². The maximum absolute atomic E-state index is 6.05. The van der Waals surface area contributed by atoms with Crippen LogP contribution in [0.2, 0.25) is 5.02 Å². The van der Waals surface area contributed by atoms with E-state index in [1.54, 1.807) is 29.3 Å². The number of hydrogen-bond acceptors (Lipinski definition) is 4. The third-order valence-corrected chi connectivity index (χ3v) is 4.71. The standard InChI is InChI=1S/C13H11ClN2S2/c14-12-4-2-8-16-13(12)17-9-11-6-5-10(18-11)3-1-7-15/h2,4-6,8H,7,9,15H2. The van der Waals surface area contributed by atoms with Gasteiger partial charge >= 0.3 is 0 Å². The lowest BCUT2D eigenvalue weighted by Gasteiger charge is -2.00. The van der Waals surface area contributed by atoms with Crippen molar-refractivity contribution in [3.63, 3.8) is 0 Å². The van der Waals surface area contributed by atoms with Gasteiger partial charge in [0, 0.05) is 16.8 Å².